The molecule has 0 saturated carbocycles. The topological polar surface area (TPSA) is 29.1 Å². The van der Waals surface area contributed by atoms with Crippen molar-refractivity contribution in [2.45, 2.75) is 40.0 Å². The van der Waals surface area contributed by atoms with Crippen LogP contribution in [0.15, 0.2) is 53.0 Å². The van der Waals surface area contributed by atoms with Gasteiger partial charge in [-0.15, -0.1) is 0 Å². The van der Waals surface area contributed by atoms with E-state index in [0.29, 0.717) is 11.5 Å². The lowest BCUT2D eigenvalue weighted by Gasteiger charge is -2.25. The molecule has 1 unspecified atom stereocenters. The van der Waals surface area contributed by atoms with Crippen molar-refractivity contribution in [3.05, 3.63) is 64.1 Å². The minimum Gasteiger partial charge on any atom is -0.322 e. The van der Waals surface area contributed by atoms with Gasteiger partial charge in [0.05, 0.1) is 5.56 Å². The molecule has 0 heterocycles. The number of hydrogen-bond acceptors (Lipinski definition) is 1. The zero-order chi connectivity index (χ0) is 17.0. The molecule has 2 aromatic rings. The lowest BCUT2D eigenvalue weighted by molar-refractivity contribution is 0.102. The number of benzene rings is 2. The zero-order valence-corrected chi connectivity index (χ0v) is 15.8. The minimum atomic E-state index is -0.0899. The van der Waals surface area contributed by atoms with Crippen LogP contribution < -0.4 is 5.32 Å². The molecule has 1 atom stereocenters. The predicted octanol–water partition coefficient (Wildman–Crippen LogP) is 6.24. The van der Waals surface area contributed by atoms with Crippen LogP contribution in [0.4, 0.5) is 5.69 Å². The zero-order valence-electron chi connectivity index (χ0n) is 14.2. The Hall–Kier alpha value is -1.61. The Morgan fingerprint density at radius 1 is 1.09 bits per heavy atom. The molecule has 0 radical (unpaired) electrons. The first-order chi connectivity index (χ1) is 10.8. The number of halogens is 1. The molecule has 1 amide bonds. The van der Waals surface area contributed by atoms with Gasteiger partial charge in [-0.1, -0.05) is 58.0 Å². The fraction of sp³-hybridized carbons (Fsp3) is 0.350. The molecule has 0 aliphatic heterocycles. The van der Waals surface area contributed by atoms with Gasteiger partial charge in [0.15, 0.2) is 0 Å². The van der Waals surface area contributed by atoms with Crippen LogP contribution in [0.25, 0.3) is 0 Å². The molecular weight excluding hydrogens is 350 g/mol. The lowest BCUT2D eigenvalue weighted by Crippen LogP contribution is -2.16. The Labute approximate surface area is 147 Å². The van der Waals surface area contributed by atoms with Crippen LogP contribution >= 0.6 is 15.9 Å². The maximum absolute atomic E-state index is 12.6. The first-order valence-corrected chi connectivity index (χ1v) is 8.72. The van der Waals surface area contributed by atoms with Crippen molar-refractivity contribution in [3.8, 4) is 0 Å². The van der Waals surface area contributed by atoms with Gasteiger partial charge in [-0.05, 0) is 57.4 Å². The summed E-state index contributed by atoms with van der Waals surface area (Å²) in [6, 6.07) is 15.5. The van der Waals surface area contributed by atoms with E-state index in [4.69, 9.17) is 0 Å². The van der Waals surface area contributed by atoms with Gasteiger partial charge in [-0.3, -0.25) is 4.79 Å². The number of carbonyl (C=O) groups is 1. The summed E-state index contributed by atoms with van der Waals surface area (Å²) in [6.45, 7) is 8.94. The summed E-state index contributed by atoms with van der Waals surface area (Å²) in [5, 5.41) is 3.07. The van der Waals surface area contributed by atoms with E-state index in [-0.39, 0.29) is 11.3 Å². The van der Waals surface area contributed by atoms with Gasteiger partial charge < -0.3 is 5.32 Å². The predicted molar refractivity (Wildman–Crippen MR) is 101 cm³/mol. The van der Waals surface area contributed by atoms with Crippen LogP contribution in [-0.2, 0) is 0 Å². The third-order valence-corrected chi connectivity index (χ3v) is 4.47. The van der Waals surface area contributed by atoms with Crippen molar-refractivity contribution in [2.75, 3.05) is 5.32 Å². The molecule has 0 spiro atoms. The first kappa shape index (κ1) is 17.7. The first-order valence-electron chi connectivity index (χ1n) is 7.93. The Bertz CT molecular complexity index is 688. The molecule has 23 heavy (non-hydrogen) atoms. The van der Waals surface area contributed by atoms with E-state index < -0.39 is 0 Å². The van der Waals surface area contributed by atoms with Crippen LogP contribution in [0.2, 0.25) is 0 Å². The van der Waals surface area contributed by atoms with Crippen molar-refractivity contribution < 1.29 is 4.79 Å². The van der Waals surface area contributed by atoms with Gasteiger partial charge in [0.2, 0.25) is 0 Å². The normalized spacial score (nSPS) is 12.7. The molecule has 0 saturated heterocycles. The Kier molecular flexibility index (Phi) is 5.64. The van der Waals surface area contributed by atoms with Crippen molar-refractivity contribution in [2.24, 2.45) is 5.41 Å². The monoisotopic (exact) mass is 373 g/mol. The largest absolute Gasteiger partial charge is 0.322 e. The highest BCUT2D eigenvalue weighted by molar-refractivity contribution is 9.10. The molecule has 3 heteroatoms. The summed E-state index contributed by atoms with van der Waals surface area (Å²) in [6.07, 6.45) is 1.06. The number of carbonyl (C=O) groups excluding carboxylic acids is 1. The van der Waals surface area contributed by atoms with Crippen molar-refractivity contribution >= 4 is 27.5 Å². The second-order valence-corrected chi connectivity index (χ2v) is 8.04. The molecule has 0 aliphatic rings. The van der Waals surface area contributed by atoms with E-state index in [2.05, 4.69) is 55.0 Å². The summed E-state index contributed by atoms with van der Waals surface area (Å²) in [5.74, 6) is 0.290. The van der Waals surface area contributed by atoms with Crippen LogP contribution in [-0.4, -0.2) is 5.91 Å². The van der Waals surface area contributed by atoms with Gasteiger partial charge in [-0.2, -0.15) is 0 Å². The molecule has 2 rings (SSSR count). The van der Waals surface area contributed by atoms with E-state index in [1.165, 1.54) is 5.56 Å². The molecular formula is C20H24BrNO. The Morgan fingerprint density at radius 2 is 1.70 bits per heavy atom. The second-order valence-electron chi connectivity index (χ2n) is 7.19. The Balaban J connectivity index is 2.24. The summed E-state index contributed by atoms with van der Waals surface area (Å²) in [5.41, 5.74) is 2.97. The molecule has 0 bridgehead atoms. The highest BCUT2D eigenvalue weighted by Gasteiger charge is 2.20. The number of anilines is 1. The molecule has 2 aromatic carbocycles. The smallest absolute Gasteiger partial charge is 0.256 e. The van der Waals surface area contributed by atoms with Crippen molar-refractivity contribution in [1.82, 2.24) is 0 Å². The third kappa shape index (κ3) is 4.93. The average Bonchev–Trinajstić information content (AvgIpc) is 2.46. The van der Waals surface area contributed by atoms with Crippen molar-refractivity contribution in [3.63, 3.8) is 0 Å². The lowest BCUT2D eigenvalue weighted by atomic mass is 9.82. The van der Waals surface area contributed by atoms with Crippen LogP contribution in [0.1, 0.15) is 56.0 Å². The quantitative estimate of drug-likeness (QED) is 0.674. The number of nitrogens with one attached hydrogen (secondary N) is 1. The molecule has 0 fully saturated rings. The molecule has 1 N–H and O–H groups in total. The van der Waals surface area contributed by atoms with Crippen LogP contribution in [0, 0.1) is 5.41 Å². The van der Waals surface area contributed by atoms with E-state index in [9.17, 15) is 4.79 Å². The Morgan fingerprint density at radius 3 is 2.35 bits per heavy atom. The van der Waals surface area contributed by atoms with Crippen LogP contribution in [0.5, 0.6) is 0 Å². The van der Waals surface area contributed by atoms with Gasteiger partial charge >= 0.3 is 0 Å². The number of para-hydroxylation sites is 1. The fourth-order valence-corrected chi connectivity index (χ4v) is 3.37. The van der Waals surface area contributed by atoms with Gasteiger partial charge in [0.25, 0.3) is 5.91 Å². The summed E-state index contributed by atoms with van der Waals surface area (Å²) in [7, 11) is 0. The number of hydrogen-bond donors (Lipinski definition) is 1. The highest BCUT2D eigenvalue weighted by Crippen LogP contribution is 2.34. The third-order valence-electron chi connectivity index (χ3n) is 3.78. The SMILES string of the molecule is CC(CC(C)(C)C)c1ccccc1NC(=O)c1ccccc1Br. The second kappa shape index (κ2) is 7.31. The maximum atomic E-state index is 12.6. The van der Waals surface area contributed by atoms with Crippen LogP contribution in [0.3, 0.4) is 0 Å². The van der Waals surface area contributed by atoms with Gasteiger partial charge in [0, 0.05) is 10.2 Å². The van der Waals surface area contributed by atoms with Gasteiger partial charge in [0.1, 0.15) is 0 Å². The van der Waals surface area contributed by atoms with E-state index >= 15 is 0 Å². The fourth-order valence-electron chi connectivity index (χ4n) is 2.90. The molecule has 2 nitrogen and oxygen atoms in total. The highest BCUT2D eigenvalue weighted by atomic mass is 79.9. The van der Waals surface area contributed by atoms with Crippen molar-refractivity contribution in [1.29, 1.82) is 0 Å². The minimum absolute atomic E-state index is 0.0899. The molecule has 122 valence electrons. The average molecular weight is 374 g/mol. The standard InChI is InChI=1S/C20H24BrNO/c1-14(13-20(2,3)4)15-9-6-8-12-18(15)22-19(23)16-10-5-7-11-17(16)21/h5-12,14H,13H2,1-4H3,(H,22,23). The van der Waals surface area contributed by atoms with E-state index in [1.807, 2.05) is 42.5 Å². The number of amides is 1. The van der Waals surface area contributed by atoms with E-state index in [1.54, 1.807) is 0 Å². The number of rotatable bonds is 4. The summed E-state index contributed by atoms with van der Waals surface area (Å²) in [4.78, 5) is 12.6. The summed E-state index contributed by atoms with van der Waals surface area (Å²) < 4.78 is 0.803. The van der Waals surface area contributed by atoms with Gasteiger partial charge in [-0.25, -0.2) is 0 Å². The summed E-state index contributed by atoms with van der Waals surface area (Å²) >= 11 is 3.44. The maximum Gasteiger partial charge on any atom is 0.256 e. The van der Waals surface area contributed by atoms with E-state index in [0.717, 1.165) is 16.6 Å². The molecule has 0 aromatic heterocycles. The molecule has 0 aliphatic carbocycles.